The summed E-state index contributed by atoms with van der Waals surface area (Å²) < 4.78 is 1.15. The number of hydrogen-bond acceptors (Lipinski definition) is 4. The van der Waals surface area contributed by atoms with Gasteiger partial charge in [0.05, 0.1) is 10.2 Å². The number of amides is 1. The molecule has 118 valence electrons. The molecule has 1 amide bonds. The number of carbonyl (C=O) groups is 1. The van der Waals surface area contributed by atoms with Crippen molar-refractivity contribution < 1.29 is 4.79 Å². The van der Waals surface area contributed by atoms with E-state index in [1.165, 1.54) is 11.3 Å². The van der Waals surface area contributed by atoms with Crippen molar-refractivity contribution in [3.05, 3.63) is 71.1 Å². The van der Waals surface area contributed by atoms with Crippen LogP contribution in [0.2, 0.25) is 0 Å². The van der Waals surface area contributed by atoms with Crippen molar-refractivity contribution in [2.75, 3.05) is 5.32 Å². The maximum atomic E-state index is 12.6. The summed E-state index contributed by atoms with van der Waals surface area (Å²) in [5.41, 5.74) is 3.62. The van der Waals surface area contributed by atoms with Crippen molar-refractivity contribution in [2.45, 2.75) is 6.92 Å². The SMILES string of the molecule is Cc1ccccc1C(=O)Nc1sccc1-c1nc2ccccc2s1. The Labute approximate surface area is 147 Å². The van der Waals surface area contributed by atoms with Gasteiger partial charge >= 0.3 is 0 Å². The quantitative estimate of drug-likeness (QED) is 0.523. The van der Waals surface area contributed by atoms with Crippen molar-refractivity contribution in [1.29, 1.82) is 0 Å². The summed E-state index contributed by atoms with van der Waals surface area (Å²) in [5, 5.41) is 6.78. The molecule has 0 bridgehead atoms. The van der Waals surface area contributed by atoms with Crippen molar-refractivity contribution in [2.24, 2.45) is 0 Å². The standard InChI is InChI=1S/C19H14N2OS2/c1-12-6-2-3-7-13(12)17(22)21-18-14(10-11-23-18)19-20-15-8-4-5-9-16(15)24-19/h2-11H,1H3,(H,21,22). The van der Waals surface area contributed by atoms with Gasteiger partial charge in [-0.05, 0) is 42.1 Å². The van der Waals surface area contributed by atoms with Gasteiger partial charge in [-0.3, -0.25) is 4.79 Å². The molecule has 0 spiro atoms. The normalized spacial score (nSPS) is 10.9. The summed E-state index contributed by atoms with van der Waals surface area (Å²) in [6.45, 7) is 1.94. The highest BCUT2D eigenvalue weighted by atomic mass is 32.1. The molecular formula is C19H14N2OS2. The minimum atomic E-state index is -0.0853. The van der Waals surface area contributed by atoms with E-state index in [1.54, 1.807) is 11.3 Å². The van der Waals surface area contributed by atoms with Gasteiger partial charge < -0.3 is 5.32 Å². The van der Waals surface area contributed by atoms with Crippen molar-refractivity contribution in [3.8, 4) is 10.6 Å². The van der Waals surface area contributed by atoms with Crippen LogP contribution in [0.5, 0.6) is 0 Å². The molecule has 2 aromatic carbocycles. The molecule has 5 heteroatoms. The fourth-order valence-electron chi connectivity index (χ4n) is 2.56. The molecule has 0 radical (unpaired) electrons. The zero-order chi connectivity index (χ0) is 16.5. The highest BCUT2D eigenvalue weighted by Crippen LogP contribution is 2.37. The third-order valence-electron chi connectivity index (χ3n) is 3.81. The van der Waals surface area contributed by atoms with Gasteiger partial charge in [0.2, 0.25) is 0 Å². The van der Waals surface area contributed by atoms with E-state index in [-0.39, 0.29) is 5.91 Å². The van der Waals surface area contributed by atoms with Crippen LogP contribution < -0.4 is 5.32 Å². The first-order chi connectivity index (χ1) is 11.7. The number of thiazole rings is 1. The van der Waals surface area contributed by atoms with E-state index < -0.39 is 0 Å². The zero-order valence-electron chi connectivity index (χ0n) is 12.9. The van der Waals surface area contributed by atoms with Crippen LogP contribution in [-0.4, -0.2) is 10.9 Å². The van der Waals surface area contributed by atoms with Gasteiger partial charge in [0.25, 0.3) is 5.91 Å². The number of aryl methyl sites for hydroxylation is 1. The predicted molar refractivity (Wildman–Crippen MR) is 102 cm³/mol. The van der Waals surface area contributed by atoms with E-state index in [1.807, 2.05) is 60.8 Å². The van der Waals surface area contributed by atoms with Crippen molar-refractivity contribution in [3.63, 3.8) is 0 Å². The summed E-state index contributed by atoms with van der Waals surface area (Å²) >= 11 is 3.16. The topological polar surface area (TPSA) is 42.0 Å². The number of thiophene rings is 1. The zero-order valence-corrected chi connectivity index (χ0v) is 14.6. The Balaban J connectivity index is 1.68. The maximum absolute atomic E-state index is 12.6. The summed E-state index contributed by atoms with van der Waals surface area (Å²) in [6.07, 6.45) is 0. The first-order valence-corrected chi connectivity index (χ1v) is 9.22. The molecule has 0 fully saturated rings. The number of carbonyl (C=O) groups excluding carboxylic acids is 1. The molecule has 0 atom stereocenters. The van der Waals surface area contributed by atoms with Gasteiger partial charge in [-0.15, -0.1) is 22.7 Å². The highest BCUT2D eigenvalue weighted by molar-refractivity contribution is 7.22. The van der Waals surface area contributed by atoms with Gasteiger partial charge in [0, 0.05) is 11.1 Å². The van der Waals surface area contributed by atoms with Crippen LogP contribution in [0.1, 0.15) is 15.9 Å². The van der Waals surface area contributed by atoms with E-state index in [4.69, 9.17) is 0 Å². The van der Waals surface area contributed by atoms with Gasteiger partial charge in [-0.2, -0.15) is 0 Å². The number of nitrogens with zero attached hydrogens (tertiary/aromatic N) is 1. The lowest BCUT2D eigenvalue weighted by molar-refractivity contribution is 0.102. The smallest absolute Gasteiger partial charge is 0.256 e. The number of fused-ring (bicyclic) bond motifs is 1. The second-order valence-electron chi connectivity index (χ2n) is 5.42. The Bertz CT molecular complexity index is 999. The number of nitrogens with one attached hydrogen (secondary N) is 1. The third kappa shape index (κ3) is 2.72. The maximum Gasteiger partial charge on any atom is 0.256 e. The summed E-state index contributed by atoms with van der Waals surface area (Å²) in [5.74, 6) is -0.0853. The van der Waals surface area contributed by atoms with Crippen LogP contribution >= 0.6 is 22.7 Å². The second kappa shape index (κ2) is 6.19. The van der Waals surface area contributed by atoms with Crippen LogP contribution in [0.15, 0.2) is 60.0 Å². The number of hydrogen-bond donors (Lipinski definition) is 1. The Morgan fingerprint density at radius 3 is 2.67 bits per heavy atom. The van der Waals surface area contributed by atoms with Gasteiger partial charge in [0.1, 0.15) is 10.0 Å². The molecule has 0 saturated carbocycles. The summed E-state index contributed by atoms with van der Waals surface area (Å²) in [4.78, 5) is 17.3. The average Bonchev–Trinajstić information content (AvgIpc) is 3.21. The summed E-state index contributed by atoms with van der Waals surface area (Å²) in [7, 11) is 0. The first-order valence-electron chi connectivity index (χ1n) is 7.53. The van der Waals surface area contributed by atoms with Crippen LogP contribution in [0.4, 0.5) is 5.00 Å². The molecule has 4 aromatic rings. The van der Waals surface area contributed by atoms with Crippen molar-refractivity contribution in [1.82, 2.24) is 4.98 Å². The van der Waals surface area contributed by atoms with Crippen LogP contribution in [-0.2, 0) is 0 Å². The van der Waals surface area contributed by atoms with Gasteiger partial charge in [-0.1, -0.05) is 30.3 Å². The number of anilines is 1. The first kappa shape index (κ1) is 15.1. The van der Waals surface area contributed by atoms with E-state index in [0.29, 0.717) is 5.56 Å². The Morgan fingerprint density at radius 2 is 1.83 bits per heavy atom. The number of benzene rings is 2. The molecule has 0 unspecified atom stereocenters. The molecule has 3 nitrogen and oxygen atoms in total. The number of para-hydroxylation sites is 1. The molecule has 0 aliphatic carbocycles. The molecule has 1 N–H and O–H groups in total. The van der Waals surface area contributed by atoms with Crippen LogP contribution in [0.25, 0.3) is 20.8 Å². The Kier molecular flexibility index (Phi) is 3.88. The Morgan fingerprint density at radius 1 is 1.04 bits per heavy atom. The lowest BCUT2D eigenvalue weighted by Gasteiger charge is -2.07. The van der Waals surface area contributed by atoms with E-state index in [2.05, 4.69) is 16.4 Å². The van der Waals surface area contributed by atoms with E-state index >= 15 is 0 Å². The molecule has 2 aromatic heterocycles. The fourth-order valence-corrected chi connectivity index (χ4v) is 4.41. The number of rotatable bonds is 3. The Hall–Kier alpha value is -2.50. The van der Waals surface area contributed by atoms with Crippen LogP contribution in [0.3, 0.4) is 0 Å². The largest absolute Gasteiger partial charge is 0.313 e. The lowest BCUT2D eigenvalue weighted by atomic mass is 10.1. The van der Waals surface area contributed by atoms with E-state index in [9.17, 15) is 4.79 Å². The molecular weight excluding hydrogens is 336 g/mol. The van der Waals surface area contributed by atoms with E-state index in [0.717, 1.165) is 31.4 Å². The average molecular weight is 350 g/mol. The third-order valence-corrected chi connectivity index (χ3v) is 5.71. The minimum absolute atomic E-state index is 0.0853. The van der Waals surface area contributed by atoms with Crippen LogP contribution in [0, 0.1) is 6.92 Å². The fraction of sp³-hybridized carbons (Fsp3) is 0.0526. The highest BCUT2D eigenvalue weighted by Gasteiger charge is 2.15. The summed E-state index contributed by atoms with van der Waals surface area (Å²) in [6, 6.07) is 17.7. The van der Waals surface area contributed by atoms with Gasteiger partial charge in [-0.25, -0.2) is 4.98 Å². The molecule has 0 aliphatic heterocycles. The minimum Gasteiger partial charge on any atom is -0.313 e. The van der Waals surface area contributed by atoms with Crippen molar-refractivity contribution >= 4 is 43.8 Å². The molecule has 0 saturated heterocycles. The lowest BCUT2D eigenvalue weighted by Crippen LogP contribution is -2.12. The molecule has 2 heterocycles. The second-order valence-corrected chi connectivity index (χ2v) is 7.37. The predicted octanol–water partition coefficient (Wildman–Crippen LogP) is 5.59. The molecule has 4 rings (SSSR count). The monoisotopic (exact) mass is 350 g/mol. The van der Waals surface area contributed by atoms with Gasteiger partial charge in [0.15, 0.2) is 0 Å². The number of aromatic nitrogens is 1. The molecule has 0 aliphatic rings. The molecule has 24 heavy (non-hydrogen) atoms.